The molecule has 1 fully saturated rings. The molecule has 1 aromatic carbocycles. The molecule has 0 aromatic heterocycles. The van der Waals surface area contributed by atoms with Crippen LogP contribution in [0.25, 0.3) is 0 Å². The zero-order chi connectivity index (χ0) is 11.5. The van der Waals surface area contributed by atoms with Crippen LogP contribution >= 0.6 is 0 Å². The lowest BCUT2D eigenvalue weighted by Gasteiger charge is -2.25. The molecule has 0 saturated carbocycles. The van der Waals surface area contributed by atoms with E-state index in [4.69, 9.17) is 4.74 Å². The number of carbonyl (C=O) groups excluding carboxylic acids is 1. The molecular weight excluding hydrogens is 202 g/mol. The van der Waals surface area contributed by atoms with Crippen LogP contribution in [0.1, 0.15) is 31.4 Å². The average Bonchev–Trinajstić information content (AvgIpc) is 2.77. The van der Waals surface area contributed by atoms with Gasteiger partial charge in [-0.3, -0.25) is 4.79 Å². The Morgan fingerprint density at radius 3 is 2.88 bits per heavy atom. The summed E-state index contributed by atoms with van der Waals surface area (Å²) >= 11 is 0. The summed E-state index contributed by atoms with van der Waals surface area (Å²) in [5, 5.41) is 0. The van der Waals surface area contributed by atoms with Crippen molar-refractivity contribution in [3.05, 3.63) is 29.8 Å². The van der Waals surface area contributed by atoms with E-state index in [1.54, 1.807) is 14.0 Å². The van der Waals surface area contributed by atoms with Gasteiger partial charge < -0.3 is 9.64 Å². The maximum atomic E-state index is 11.5. The van der Waals surface area contributed by atoms with Crippen LogP contribution in [0.5, 0.6) is 5.75 Å². The molecule has 1 unspecified atom stereocenters. The van der Waals surface area contributed by atoms with E-state index < -0.39 is 0 Å². The number of ether oxygens (including phenoxy) is 1. The fourth-order valence-corrected chi connectivity index (χ4v) is 2.41. The molecule has 0 aliphatic carbocycles. The van der Waals surface area contributed by atoms with Crippen molar-refractivity contribution in [3.63, 3.8) is 0 Å². The molecule has 2 rings (SSSR count). The van der Waals surface area contributed by atoms with E-state index in [0.29, 0.717) is 0 Å². The summed E-state index contributed by atoms with van der Waals surface area (Å²) in [7, 11) is 1.67. The van der Waals surface area contributed by atoms with E-state index in [2.05, 4.69) is 0 Å². The number of methoxy groups -OCH3 is 1. The second kappa shape index (κ2) is 4.56. The lowest BCUT2D eigenvalue weighted by Crippen LogP contribution is -2.28. The molecule has 3 heteroatoms. The molecule has 1 aliphatic heterocycles. The highest BCUT2D eigenvalue weighted by atomic mass is 16.5. The maximum Gasteiger partial charge on any atom is 0.219 e. The molecule has 1 aliphatic rings. The first kappa shape index (κ1) is 11.0. The van der Waals surface area contributed by atoms with E-state index in [0.717, 1.165) is 30.7 Å². The Morgan fingerprint density at radius 1 is 1.44 bits per heavy atom. The number of nitrogens with zero attached hydrogens (tertiary/aromatic N) is 1. The third-order valence-corrected chi connectivity index (χ3v) is 3.16. The standard InChI is InChI=1S/C13H17NO2/c1-10(15)14-9-5-7-12(14)11-6-3-4-8-13(11)16-2/h3-4,6,8,12H,5,7,9H2,1-2H3. The van der Waals surface area contributed by atoms with E-state index in [9.17, 15) is 4.79 Å². The van der Waals surface area contributed by atoms with Gasteiger partial charge in [0.25, 0.3) is 0 Å². The first-order valence-electron chi connectivity index (χ1n) is 5.64. The predicted octanol–water partition coefficient (Wildman–Crippen LogP) is 2.38. The zero-order valence-corrected chi connectivity index (χ0v) is 9.77. The summed E-state index contributed by atoms with van der Waals surface area (Å²) in [6.45, 7) is 2.49. The molecule has 1 heterocycles. The fourth-order valence-electron chi connectivity index (χ4n) is 2.41. The number of likely N-dealkylation sites (tertiary alicyclic amines) is 1. The quantitative estimate of drug-likeness (QED) is 0.764. The van der Waals surface area contributed by atoms with E-state index in [1.807, 2.05) is 29.2 Å². The van der Waals surface area contributed by atoms with Gasteiger partial charge in [0.15, 0.2) is 0 Å². The predicted molar refractivity (Wildman–Crippen MR) is 62.4 cm³/mol. The summed E-state index contributed by atoms with van der Waals surface area (Å²) in [5.41, 5.74) is 1.12. The van der Waals surface area contributed by atoms with Crippen molar-refractivity contribution < 1.29 is 9.53 Å². The highest BCUT2D eigenvalue weighted by Crippen LogP contribution is 2.36. The van der Waals surface area contributed by atoms with Crippen LogP contribution in [0, 0.1) is 0 Å². The molecule has 0 radical (unpaired) electrons. The van der Waals surface area contributed by atoms with Gasteiger partial charge >= 0.3 is 0 Å². The maximum absolute atomic E-state index is 11.5. The molecule has 16 heavy (non-hydrogen) atoms. The molecule has 1 atom stereocenters. The Hall–Kier alpha value is -1.51. The minimum atomic E-state index is 0.147. The van der Waals surface area contributed by atoms with Crippen LogP contribution in [0.2, 0.25) is 0 Å². The molecule has 3 nitrogen and oxygen atoms in total. The molecule has 0 spiro atoms. The van der Waals surface area contributed by atoms with Gasteiger partial charge in [0.2, 0.25) is 5.91 Å². The van der Waals surface area contributed by atoms with Gasteiger partial charge in [0.1, 0.15) is 5.75 Å². The molecular formula is C13H17NO2. The number of carbonyl (C=O) groups is 1. The minimum absolute atomic E-state index is 0.147. The first-order chi connectivity index (χ1) is 7.74. The van der Waals surface area contributed by atoms with Gasteiger partial charge in [0.05, 0.1) is 13.2 Å². The first-order valence-corrected chi connectivity index (χ1v) is 5.64. The monoisotopic (exact) mass is 219 g/mol. The largest absolute Gasteiger partial charge is 0.496 e. The van der Waals surface area contributed by atoms with Crippen LogP contribution < -0.4 is 4.74 Å². The molecule has 86 valence electrons. The van der Waals surface area contributed by atoms with Crippen molar-refractivity contribution in [2.24, 2.45) is 0 Å². The molecule has 0 bridgehead atoms. The Labute approximate surface area is 96.0 Å². The van der Waals surface area contributed by atoms with Gasteiger partial charge in [-0.2, -0.15) is 0 Å². The summed E-state index contributed by atoms with van der Waals surface area (Å²) in [5.74, 6) is 1.02. The van der Waals surface area contributed by atoms with E-state index >= 15 is 0 Å². The summed E-state index contributed by atoms with van der Waals surface area (Å²) in [4.78, 5) is 13.4. The molecule has 1 amide bonds. The van der Waals surface area contributed by atoms with Gasteiger partial charge in [-0.1, -0.05) is 18.2 Å². The Kier molecular flexibility index (Phi) is 3.13. The third kappa shape index (κ3) is 1.90. The second-order valence-electron chi connectivity index (χ2n) is 4.11. The normalized spacial score (nSPS) is 19.9. The van der Waals surface area contributed by atoms with Crippen molar-refractivity contribution in [1.82, 2.24) is 4.90 Å². The van der Waals surface area contributed by atoms with Crippen molar-refractivity contribution in [2.75, 3.05) is 13.7 Å². The summed E-state index contributed by atoms with van der Waals surface area (Å²) < 4.78 is 5.35. The van der Waals surface area contributed by atoms with Crippen molar-refractivity contribution >= 4 is 5.91 Å². The van der Waals surface area contributed by atoms with Crippen molar-refractivity contribution in [2.45, 2.75) is 25.8 Å². The zero-order valence-electron chi connectivity index (χ0n) is 9.77. The highest BCUT2D eigenvalue weighted by molar-refractivity contribution is 5.74. The van der Waals surface area contributed by atoms with Crippen LogP contribution in [0.15, 0.2) is 24.3 Å². The van der Waals surface area contributed by atoms with Gasteiger partial charge in [-0.05, 0) is 18.9 Å². The average molecular weight is 219 g/mol. The number of para-hydroxylation sites is 1. The van der Waals surface area contributed by atoms with Gasteiger partial charge in [-0.25, -0.2) is 0 Å². The Morgan fingerprint density at radius 2 is 2.19 bits per heavy atom. The highest BCUT2D eigenvalue weighted by Gasteiger charge is 2.29. The second-order valence-corrected chi connectivity index (χ2v) is 4.11. The lowest BCUT2D eigenvalue weighted by molar-refractivity contribution is -0.129. The third-order valence-electron chi connectivity index (χ3n) is 3.16. The smallest absolute Gasteiger partial charge is 0.219 e. The number of amides is 1. The van der Waals surface area contributed by atoms with E-state index in [1.165, 1.54) is 0 Å². The molecule has 1 aromatic rings. The van der Waals surface area contributed by atoms with Crippen molar-refractivity contribution in [1.29, 1.82) is 0 Å². The van der Waals surface area contributed by atoms with Crippen molar-refractivity contribution in [3.8, 4) is 5.75 Å². The fraction of sp³-hybridized carbons (Fsp3) is 0.462. The Bertz CT molecular complexity index is 389. The number of benzene rings is 1. The van der Waals surface area contributed by atoms with Crippen LogP contribution in [-0.4, -0.2) is 24.5 Å². The minimum Gasteiger partial charge on any atom is -0.496 e. The summed E-state index contributed by atoms with van der Waals surface area (Å²) in [6, 6.07) is 8.13. The van der Waals surface area contributed by atoms with E-state index in [-0.39, 0.29) is 11.9 Å². The topological polar surface area (TPSA) is 29.5 Å². The number of hydrogen-bond acceptors (Lipinski definition) is 2. The van der Waals surface area contributed by atoms with Crippen LogP contribution in [0.3, 0.4) is 0 Å². The Balaban J connectivity index is 2.32. The summed E-state index contributed by atoms with van der Waals surface area (Å²) in [6.07, 6.45) is 2.10. The number of rotatable bonds is 2. The SMILES string of the molecule is COc1ccccc1C1CCCN1C(C)=O. The van der Waals surface area contributed by atoms with Crippen LogP contribution in [0.4, 0.5) is 0 Å². The van der Waals surface area contributed by atoms with Gasteiger partial charge in [-0.15, -0.1) is 0 Å². The number of hydrogen-bond donors (Lipinski definition) is 0. The lowest BCUT2D eigenvalue weighted by atomic mass is 10.0. The van der Waals surface area contributed by atoms with Gasteiger partial charge in [0, 0.05) is 19.0 Å². The molecule has 0 N–H and O–H groups in total. The molecule has 1 saturated heterocycles. The van der Waals surface area contributed by atoms with Crippen LogP contribution in [-0.2, 0) is 4.79 Å².